The third-order valence-electron chi connectivity index (χ3n) is 3.90. The van der Waals surface area contributed by atoms with Crippen LogP contribution in [0.3, 0.4) is 0 Å². The van der Waals surface area contributed by atoms with Crippen molar-refractivity contribution in [3.63, 3.8) is 0 Å². The number of halogens is 1. The van der Waals surface area contributed by atoms with Crippen molar-refractivity contribution in [2.75, 3.05) is 25.1 Å². The van der Waals surface area contributed by atoms with Crippen molar-refractivity contribution in [1.29, 1.82) is 0 Å². The highest BCUT2D eigenvalue weighted by molar-refractivity contribution is 7.15. The van der Waals surface area contributed by atoms with E-state index in [0.717, 1.165) is 10.4 Å². The normalized spacial score (nSPS) is 10.6. The average Bonchev–Trinajstić information content (AvgIpc) is 3.14. The molecule has 2 aromatic carbocycles. The van der Waals surface area contributed by atoms with E-state index in [1.807, 2.05) is 31.2 Å². The van der Waals surface area contributed by atoms with E-state index in [9.17, 15) is 4.79 Å². The number of thiazole rings is 1. The maximum absolute atomic E-state index is 12.6. The van der Waals surface area contributed by atoms with Crippen LogP contribution in [-0.2, 0) is 6.42 Å². The lowest BCUT2D eigenvalue weighted by atomic mass is 10.1. The number of ether oxygens (including phenoxy) is 2. The zero-order valence-electron chi connectivity index (χ0n) is 15.9. The fourth-order valence-corrected chi connectivity index (χ4v) is 3.71. The van der Waals surface area contributed by atoms with Gasteiger partial charge in [-0.3, -0.25) is 10.1 Å². The third-order valence-corrected chi connectivity index (χ3v) is 5.04. The molecule has 152 valence electrons. The van der Waals surface area contributed by atoms with Crippen molar-refractivity contribution >= 4 is 34.0 Å². The molecule has 1 aromatic heterocycles. The summed E-state index contributed by atoms with van der Waals surface area (Å²) in [6.45, 7) is 2.32. The largest absolute Gasteiger partial charge is 0.490 e. The van der Waals surface area contributed by atoms with Crippen molar-refractivity contribution in [2.45, 2.75) is 13.3 Å². The Bertz CT molecular complexity index is 977. The van der Waals surface area contributed by atoms with E-state index in [0.29, 0.717) is 40.2 Å². The summed E-state index contributed by atoms with van der Waals surface area (Å²) in [6, 6.07) is 12.6. The second-order valence-corrected chi connectivity index (χ2v) is 7.61. The summed E-state index contributed by atoms with van der Waals surface area (Å²) in [5, 5.41) is 13.0. The van der Waals surface area contributed by atoms with E-state index >= 15 is 0 Å². The number of benzene rings is 2. The molecule has 0 aliphatic carbocycles. The highest BCUT2D eigenvalue weighted by Crippen LogP contribution is 2.29. The lowest BCUT2D eigenvalue weighted by Crippen LogP contribution is -2.12. The summed E-state index contributed by atoms with van der Waals surface area (Å²) in [6.07, 6.45) is 2.44. The van der Waals surface area contributed by atoms with Gasteiger partial charge in [0.05, 0.1) is 13.2 Å². The third kappa shape index (κ3) is 5.93. The Kier molecular flexibility index (Phi) is 7.46. The predicted octanol–water partition coefficient (Wildman–Crippen LogP) is 4.41. The number of carbonyl (C=O) groups is 1. The van der Waals surface area contributed by atoms with Gasteiger partial charge in [-0.05, 0) is 42.8 Å². The van der Waals surface area contributed by atoms with Gasteiger partial charge in [-0.25, -0.2) is 4.98 Å². The number of nitrogens with one attached hydrogen (secondary N) is 1. The Labute approximate surface area is 178 Å². The minimum absolute atomic E-state index is 0.116. The van der Waals surface area contributed by atoms with Crippen molar-refractivity contribution in [3.8, 4) is 11.5 Å². The number of aliphatic hydroxyl groups excluding tert-OH is 1. The molecule has 3 aromatic rings. The molecule has 6 nitrogen and oxygen atoms in total. The van der Waals surface area contributed by atoms with E-state index in [1.54, 1.807) is 24.4 Å². The molecule has 0 aliphatic heterocycles. The van der Waals surface area contributed by atoms with Crippen molar-refractivity contribution in [1.82, 2.24) is 4.98 Å². The number of hydrogen-bond acceptors (Lipinski definition) is 6. The number of aromatic nitrogens is 1. The van der Waals surface area contributed by atoms with E-state index in [2.05, 4.69) is 10.3 Å². The summed E-state index contributed by atoms with van der Waals surface area (Å²) >= 11 is 7.44. The minimum atomic E-state index is -0.300. The molecule has 0 saturated heterocycles. The van der Waals surface area contributed by atoms with Crippen LogP contribution in [0, 0.1) is 0 Å². The minimum Gasteiger partial charge on any atom is -0.490 e. The zero-order chi connectivity index (χ0) is 20.6. The molecule has 0 spiro atoms. The van der Waals surface area contributed by atoms with E-state index < -0.39 is 0 Å². The van der Waals surface area contributed by atoms with Gasteiger partial charge in [0.25, 0.3) is 5.91 Å². The molecule has 2 N–H and O–H groups in total. The van der Waals surface area contributed by atoms with Gasteiger partial charge in [0.15, 0.2) is 16.6 Å². The highest BCUT2D eigenvalue weighted by atomic mass is 35.5. The quantitative estimate of drug-likeness (QED) is 0.523. The Hall–Kier alpha value is -2.61. The SMILES string of the molecule is CCOc1ccc(C(=O)Nc2ncc(Cc3cccc(Cl)c3)s2)cc1OCCO. The summed E-state index contributed by atoms with van der Waals surface area (Å²) < 4.78 is 11.0. The first-order valence-electron chi connectivity index (χ1n) is 9.10. The van der Waals surface area contributed by atoms with Crippen LogP contribution in [0.2, 0.25) is 5.02 Å². The first kappa shape index (κ1) is 21.1. The molecular weight excluding hydrogens is 412 g/mol. The lowest BCUT2D eigenvalue weighted by molar-refractivity contribution is 0.102. The van der Waals surface area contributed by atoms with E-state index in [-0.39, 0.29) is 19.1 Å². The smallest absolute Gasteiger partial charge is 0.257 e. The average molecular weight is 433 g/mol. The molecule has 0 fully saturated rings. The number of hydrogen-bond donors (Lipinski definition) is 2. The van der Waals surface area contributed by atoms with Crippen LogP contribution in [0.4, 0.5) is 5.13 Å². The van der Waals surface area contributed by atoms with Crippen LogP contribution in [0.1, 0.15) is 27.7 Å². The van der Waals surface area contributed by atoms with Crippen molar-refractivity contribution in [2.24, 2.45) is 0 Å². The first-order valence-corrected chi connectivity index (χ1v) is 10.3. The maximum atomic E-state index is 12.6. The molecule has 0 aliphatic rings. The molecule has 0 unspecified atom stereocenters. The number of nitrogens with zero attached hydrogens (tertiary/aromatic N) is 1. The second-order valence-electron chi connectivity index (χ2n) is 6.06. The summed E-state index contributed by atoms with van der Waals surface area (Å²) in [7, 11) is 0. The summed E-state index contributed by atoms with van der Waals surface area (Å²) in [5.41, 5.74) is 1.49. The number of aliphatic hydroxyl groups is 1. The van der Waals surface area contributed by atoms with Crippen LogP contribution in [-0.4, -0.2) is 35.8 Å². The summed E-state index contributed by atoms with van der Waals surface area (Å²) in [5.74, 6) is 0.635. The maximum Gasteiger partial charge on any atom is 0.257 e. The Morgan fingerprint density at radius 3 is 2.83 bits per heavy atom. The van der Waals surface area contributed by atoms with Gasteiger partial charge in [0, 0.05) is 28.1 Å². The Morgan fingerprint density at radius 2 is 2.07 bits per heavy atom. The van der Waals surface area contributed by atoms with Crippen LogP contribution < -0.4 is 14.8 Å². The van der Waals surface area contributed by atoms with Crippen LogP contribution >= 0.6 is 22.9 Å². The Balaban J connectivity index is 1.69. The number of anilines is 1. The molecule has 3 rings (SSSR count). The molecule has 29 heavy (non-hydrogen) atoms. The van der Waals surface area contributed by atoms with Gasteiger partial charge >= 0.3 is 0 Å². The zero-order valence-corrected chi connectivity index (χ0v) is 17.4. The van der Waals surface area contributed by atoms with Crippen LogP contribution in [0.5, 0.6) is 11.5 Å². The van der Waals surface area contributed by atoms with E-state index in [1.165, 1.54) is 11.3 Å². The van der Waals surface area contributed by atoms with Crippen molar-refractivity contribution in [3.05, 3.63) is 69.7 Å². The first-order chi connectivity index (χ1) is 14.1. The van der Waals surface area contributed by atoms with Crippen molar-refractivity contribution < 1.29 is 19.4 Å². The molecule has 1 amide bonds. The van der Waals surface area contributed by atoms with Gasteiger partial charge in [0.2, 0.25) is 0 Å². The Morgan fingerprint density at radius 1 is 1.21 bits per heavy atom. The molecule has 0 bridgehead atoms. The van der Waals surface area contributed by atoms with Gasteiger partial charge in [-0.2, -0.15) is 0 Å². The molecular formula is C21H21ClN2O4S. The summed E-state index contributed by atoms with van der Waals surface area (Å²) in [4.78, 5) is 17.9. The molecule has 0 radical (unpaired) electrons. The molecule has 0 atom stereocenters. The topological polar surface area (TPSA) is 80.7 Å². The number of rotatable bonds is 9. The monoisotopic (exact) mass is 432 g/mol. The molecule has 1 heterocycles. The highest BCUT2D eigenvalue weighted by Gasteiger charge is 2.14. The van der Waals surface area contributed by atoms with Crippen LogP contribution in [0.15, 0.2) is 48.7 Å². The van der Waals surface area contributed by atoms with Gasteiger partial charge in [-0.1, -0.05) is 23.7 Å². The van der Waals surface area contributed by atoms with Crippen LogP contribution in [0.25, 0.3) is 0 Å². The fraction of sp³-hybridized carbons (Fsp3) is 0.238. The second kappa shape index (κ2) is 10.2. The van der Waals surface area contributed by atoms with E-state index in [4.69, 9.17) is 26.2 Å². The van der Waals surface area contributed by atoms with Gasteiger partial charge < -0.3 is 14.6 Å². The fourth-order valence-electron chi connectivity index (χ4n) is 2.66. The van der Waals surface area contributed by atoms with Gasteiger partial charge in [0.1, 0.15) is 6.61 Å². The molecule has 8 heteroatoms. The van der Waals surface area contributed by atoms with Gasteiger partial charge in [-0.15, -0.1) is 11.3 Å². The predicted molar refractivity (Wildman–Crippen MR) is 115 cm³/mol. The number of amides is 1. The standard InChI is InChI=1S/C21H21ClN2O4S/c1-2-27-18-7-6-15(12-19(18)28-9-8-25)20(26)24-21-23-13-17(29-21)11-14-4-3-5-16(22)10-14/h3-7,10,12-13,25H,2,8-9,11H2,1H3,(H,23,24,26). The lowest BCUT2D eigenvalue weighted by Gasteiger charge is -2.12. The molecule has 0 saturated carbocycles. The number of carbonyl (C=O) groups excluding carboxylic acids is 1.